The third kappa shape index (κ3) is 6.27. The Bertz CT molecular complexity index is 1270. The molecule has 4 heterocycles. The van der Waals surface area contributed by atoms with E-state index in [9.17, 15) is 10.1 Å². The van der Waals surface area contributed by atoms with Crippen LogP contribution < -0.4 is 11.1 Å². The molecule has 2 fully saturated rings. The van der Waals surface area contributed by atoms with Crippen LogP contribution >= 0.6 is 12.4 Å². The molecule has 2 amide bonds. The number of halogens is 1. The number of pyridine rings is 3. The Morgan fingerprint density at radius 2 is 1.97 bits per heavy atom. The lowest BCUT2D eigenvalue weighted by atomic mass is 10.1. The highest BCUT2D eigenvalue weighted by molar-refractivity contribution is 5.85. The van der Waals surface area contributed by atoms with E-state index in [0.717, 1.165) is 42.9 Å². The Morgan fingerprint density at radius 3 is 2.75 bits per heavy atom. The van der Waals surface area contributed by atoms with Crippen LogP contribution in [0, 0.1) is 11.3 Å². The number of anilines is 2. The molecule has 0 aromatic carbocycles. The maximum atomic E-state index is 11.5. The minimum absolute atomic E-state index is 0. The number of rotatable bonds is 6. The Labute approximate surface area is 216 Å². The second kappa shape index (κ2) is 11.3. The van der Waals surface area contributed by atoms with Gasteiger partial charge in [-0.1, -0.05) is 0 Å². The third-order valence-corrected chi connectivity index (χ3v) is 6.44. The van der Waals surface area contributed by atoms with E-state index in [-0.39, 0.29) is 18.4 Å². The van der Waals surface area contributed by atoms with Crippen LogP contribution in [-0.4, -0.2) is 57.0 Å². The first-order chi connectivity index (χ1) is 17.1. The van der Waals surface area contributed by atoms with E-state index in [1.807, 2.05) is 12.4 Å². The molecule has 3 aromatic heterocycles. The standard InChI is InChI=1S/C26H28N8O.ClH/c27-14-18-4-5-30-24(11-18)32-25-13-21(20-2-3-20)12-23(31-25)22-10-19(15-29-16-22)17-33-6-1-7-34(9-8-33)26(28)35;/h4-5,10-13,15-16,20H,1-3,6-9,17H2,(H2,28,35)(H,30,31,32);1H. The van der Waals surface area contributed by atoms with Gasteiger partial charge in [-0.2, -0.15) is 5.26 Å². The molecule has 186 valence electrons. The molecule has 2 aliphatic rings. The Morgan fingerprint density at radius 1 is 1.11 bits per heavy atom. The van der Waals surface area contributed by atoms with Crippen molar-refractivity contribution >= 4 is 30.1 Å². The number of primary amides is 1. The van der Waals surface area contributed by atoms with Gasteiger partial charge >= 0.3 is 6.03 Å². The number of hydrogen-bond acceptors (Lipinski definition) is 7. The van der Waals surface area contributed by atoms with E-state index in [1.54, 1.807) is 23.2 Å². The molecule has 9 nitrogen and oxygen atoms in total. The molecule has 3 N–H and O–H groups in total. The van der Waals surface area contributed by atoms with Crippen LogP contribution in [0.3, 0.4) is 0 Å². The number of carbonyl (C=O) groups excluding carboxylic acids is 1. The summed E-state index contributed by atoms with van der Waals surface area (Å²) >= 11 is 0. The van der Waals surface area contributed by atoms with Gasteiger partial charge < -0.3 is 16.0 Å². The molecular formula is C26H29ClN8O. The van der Waals surface area contributed by atoms with E-state index < -0.39 is 0 Å². The van der Waals surface area contributed by atoms with E-state index in [1.165, 1.54) is 18.4 Å². The normalized spacial score (nSPS) is 15.9. The number of nitrogens with two attached hydrogens (primary N) is 1. The zero-order chi connectivity index (χ0) is 24.2. The molecule has 0 spiro atoms. The van der Waals surface area contributed by atoms with Crippen molar-refractivity contribution in [2.45, 2.75) is 31.7 Å². The maximum absolute atomic E-state index is 11.5. The van der Waals surface area contributed by atoms with Crippen LogP contribution in [0.25, 0.3) is 11.3 Å². The van der Waals surface area contributed by atoms with E-state index in [0.29, 0.717) is 36.2 Å². The molecule has 1 aliphatic heterocycles. The molecule has 0 atom stereocenters. The summed E-state index contributed by atoms with van der Waals surface area (Å²) in [7, 11) is 0. The van der Waals surface area contributed by atoms with Gasteiger partial charge in [0.2, 0.25) is 0 Å². The van der Waals surface area contributed by atoms with Crippen molar-refractivity contribution < 1.29 is 4.79 Å². The molecule has 5 rings (SSSR count). The molecule has 3 aromatic rings. The summed E-state index contributed by atoms with van der Waals surface area (Å²) in [6.45, 7) is 3.79. The summed E-state index contributed by atoms with van der Waals surface area (Å²) < 4.78 is 0. The van der Waals surface area contributed by atoms with Gasteiger partial charge in [0.25, 0.3) is 0 Å². The molecule has 10 heteroatoms. The fourth-order valence-electron chi connectivity index (χ4n) is 4.44. The van der Waals surface area contributed by atoms with Gasteiger partial charge in [0, 0.05) is 56.9 Å². The van der Waals surface area contributed by atoms with Crippen molar-refractivity contribution in [2.24, 2.45) is 5.73 Å². The number of carbonyl (C=O) groups is 1. The van der Waals surface area contributed by atoms with Gasteiger partial charge in [0.05, 0.1) is 17.3 Å². The second-order valence-electron chi connectivity index (χ2n) is 9.15. The highest BCUT2D eigenvalue weighted by Crippen LogP contribution is 2.42. The van der Waals surface area contributed by atoms with Gasteiger partial charge in [0.15, 0.2) is 0 Å². The van der Waals surface area contributed by atoms with Gasteiger partial charge in [0.1, 0.15) is 11.6 Å². The van der Waals surface area contributed by atoms with Crippen molar-refractivity contribution in [3.05, 3.63) is 65.6 Å². The lowest BCUT2D eigenvalue weighted by molar-refractivity contribution is 0.207. The molecule has 0 bridgehead atoms. The lowest BCUT2D eigenvalue weighted by Crippen LogP contribution is -2.38. The smallest absolute Gasteiger partial charge is 0.314 e. The van der Waals surface area contributed by atoms with Crippen LogP contribution in [0.4, 0.5) is 16.4 Å². The van der Waals surface area contributed by atoms with Crippen molar-refractivity contribution in [1.82, 2.24) is 24.8 Å². The van der Waals surface area contributed by atoms with Crippen LogP contribution in [0.2, 0.25) is 0 Å². The highest BCUT2D eigenvalue weighted by atomic mass is 35.5. The fraction of sp³-hybridized carbons (Fsp3) is 0.346. The first-order valence-corrected chi connectivity index (χ1v) is 11.9. The monoisotopic (exact) mass is 504 g/mol. The molecule has 0 unspecified atom stereocenters. The molecule has 36 heavy (non-hydrogen) atoms. The largest absolute Gasteiger partial charge is 0.351 e. The van der Waals surface area contributed by atoms with Crippen LogP contribution in [0.5, 0.6) is 0 Å². The highest BCUT2D eigenvalue weighted by Gasteiger charge is 2.25. The van der Waals surface area contributed by atoms with Gasteiger partial charge in [-0.25, -0.2) is 14.8 Å². The average molecular weight is 505 g/mol. The number of urea groups is 1. The maximum Gasteiger partial charge on any atom is 0.314 e. The number of nitriles is 1. The van der Waals surface area contributed by atoms with Crippen LogP contribution in [-0.2, 0) is 6.54 Å². The first-order valence-electron chi connectivity index (χ1n) is 11.9. The van der Waals surface area contributed by atoms with Gasteiger partial charge in [-0.3, -0.25) is 9.88 Å². The van der Waals surface area contributed by atoms with E-state index in [2.05, 4.69) is 44.5 Å². The molecule has 1 saturated heterocycles. The number of aromatic nitrogens is 3. The van der Waals surface area contributed by atoms with Crippen LogP contribution in [0.1, 0.15) is 41.9 Å². The fourth-order valence-corrected chi connectivity index (χ4v) is 4.44. The van der Waals surface area contributed by atoms with Crippen molar-refractivity contribution in [2.75, 3.05) is 31.5 Å². The SMILES string of the molecule is Cl.N#Cc1ccnc(Nc2cc(C3CC3)cc(-c3cncc(CN4CCCN(C(N)=O)CC4)c3)n2)c1. The molecule has 1 saturated carbocycles. The number of nitrogens with zero attached hydrogens (tertiary/aromatic N) is 6. The predicted octanol–water partition coefficient (Wildman–Crippen LogP) is 4.04. The molecule has 0 radical (unpaired) electrons. The summed E-state index contributed by atoms with van der Waals surface area (Å²) in [4.78, 5) is 29.2. The van der Waals surface area contributed by atoms with Crippen molar-refractivity contribution in [3.63, 3.8) is 0 Å². The predicted molar refractivity (Wildman–Crippen MR) is 140 cm³/mol. The molecular weight excluding hydrogens is 476 g/mol. The second-order valence-corrected chi connectivity index (χ2v) is 9.15. The minimum atomic E-state index is -0.351. The van der Waals surface area contributed by atoms with Gasteiger partial charge in [-0.15, -0.1) is 12.4 Å². The molecule has 1 aliphatic carbocycles. The third-order valence-electron chi connectivity index (χ3n) is 6.44. The average Bonchev–Trinajstić information content (AvgIpc) is 3.72. The number of amides is 2. The van der Waals surface area contributed by atoms with E-state index >= 15 is 0 Å². The van der Waals surface area contributed by atoms with Crippen LogP contribution in [0.15, 0.2) is 48.9 Å². The summed E-state index contributed by atoms with van der Waals surface area (Å²) in [6, 6.07) is 11.5. The Hall–Kier alpha value is -3.74. The summed E-state index contributed by atoms with van der Waals surface area (Å²) in [5, 5.41) is 12.5. The summed E-state index contributed by atoms with van der Waals surface area (Å²) in [6.07, 6.45) is 8.61. The van der Waals surface area contributed by atoms with Gasteiger partial charge in [-0.05, 0) is 66.6 Å². The summed E-state index contributed by atoms with van der Waals surface area (Å²) in [5.74, 6) is 1.85. The number of nitrogens with one attached hydrogen (secondary N) is 1. The topological polar surface area (TPSA) is 124 Å². The van der Waals surface area contributed by atoms with Crippen molar-refractivity contribution in [3.8, 4) is 17.3 Å². The zero-order valence-electron chi connectivity index (χ0n) is 19.9. The number of hydrogen-bond donors (Lipinski definition) is 2. The van der Waals surface area contributed by atoms with E-state index in [4.69, 9.17) is 10.7 Å². The first kappa shape index (κ1) is 25.4. The lowest BCUT2D eigenvalue weighted by Gasteiger charge is -2.21. The zero-order valence-corrected chi connectivity index (χ0v) is 20.7. The Kier molecular flexibility index (Phi) is 7.98. The summed E-state index contributed by atoms with van der Waals surface area (Å²) in [5.41, 5.74) is 10.2. The quantitative estimate of drug-likeness (QED) is 0.519. The minimum Gasteiger partial charge on any atom is -0.351 e. The van der Waals surface area contributed by atoms with Crippen molar-refractivity contribution in [1.29, 1.82) is 5.26 Å². The Balaban J connectivity index is 0.00000304.